The van der Waals surface area contributed by atoms with Crippen LogP contribution in [-0.4, -0.2) is 19.6 Å². The second-order valence-corrected chi connectivity index (χ2v) is 6.16. The Morgan fingerprint density at radius 2 is 1.67 bits per heavy atom. The van der Waals surface area contributed by atoms with E-state index >= 15 is 0 Å². The van der Waals surface area contributed by atoms with Crippen molar-refractivity contribution in [3.05, 3.63) is 34.4 Å². The van der Waals surface area contributed by atoms with Gasteiger partial charge < -0.3 is 11.1 Å². The summed E-state index contributed by atoms with van der Waals surface area (Å²) >= 11 is 0. The van der Waals surface area contributed by atoms with Crippen molar-refractivity contribution in [1.29, 1.82) is 0 Å². The molecule has 0 saturated carbocycles. The highest BCUT2D eigenvalue weighted by atomic mass is 14.9. The van der Waals surface area contributed by atoms with Crippen LogP contribution in [0.1, 0.15) is 36.1 Å². The molecule has 1 rings (SSSR count). The van der Waals surface area contributed by atoms with Crippen LogP contribution in [0.25, 0.3) is 0 Å². The molecule has 0 bridgehead atoms. The topological polar surface area (TPSA) is 38.0 Å². The first-order valence-corrected chi connectivity index (χ1v) is 6.83. The lowest BCUT2D eigenvalue weighted by Gasteiger charge is -2.22. The second-order valence-electron chi connectivity index (χ2n) is 6.16. The van der Waals surface area contributed by atoms with E-state index in [9.17, 15) is 0 Å². The van der Waals surface area contributed by atoms with E-state index in [1.165, 1.54) is 22.3 Å². The van der Waals surface area contributed by atoms with Gasteiger partial charge in [0.15, 0.2) is 0 Å². The van der Waals surface area contributed by atoms with Crippen molar-refractivity contribution in [2.45, 2.75) is 41.0 Å². The summed E-state index contributed by atoms with van der Waals surface area (Å²) in [4.78, 5) is 0. The zero-order chi connectivity index (χ0) is 13.8. The molecule has 0 spiro atoms. The molecule has 1 aromatic rings. The van der Waals surface area contributed by atoms with Gasteiger partial charge in [-0.05, 0) is 68.0 Å². The van der Waals surface area contributed by atoms with Crippen molar-refractivity contribution < 1.29 is 0 Å². The first-order chi connectivity index (χ1) is 8.35. The molecule has 0 aromatic heterocycles. The normalized spacial score (nSPS) is 11.9. The maximum atomic E-state index is 5.72. The Morgan fingerprint density at radius 1 is 1.06 bits per heavy atom. The summed E-state index contributed by atoms with van der Waals surface area (Å²) in [5.41, 5.74) is 11.5. The fraction of sp³-hybridized carbons (Fsp3) is 0.625. The molecule has 0 radical (unpaired) electrons. The number of hydrogen-bond acceptors (Lipinski definition) is 2. The standard InChI is InChI=1S/C16H28N2/c1-12-8-14(3)15(9-13(12)2)6-7-18-11-16(4,5)10-17/h8-9,18H,6-7,10-11,17H2,1-5H3. The molecule has 0 aliphatic carbocycles. The van der Waals surface area contributed by atoms with Crippen molar-refractivity contribution in [2.24, 2.45) is 11.1 Å². The summed E-state index contributed by atoms with van der Waals surface area (Å²) in [5, 5.41) is 3.51. The van der Waals surface area contributed by atoms with Crippen LogP contribution in [0.2, 0.25) is 0 Å². The second kappa shape index (κ2) is 6.35. The first kappa shape index (κ1) is 15.2. The van der Waals surface area contributed by atoms with Crippen LogP contribution in [0.15, 0.2) is 12.1 Å². The minimum Gasteiger partial charge on any atom is -0.330 e. The highest BCUT2D eigenvalue weighted by Crippen LogP contribution is 2.16. The summed E-state index contributed by atoms with van der Waals surface area (Å²) in [6, 6.07) is 4.61. The fourth-order valence-corrected chi connectivity index (χ4v) is 2.01. The van der Waals surface area contributed by atoms with E-state index in [1.54, 1.807) is 0 Å². The van der Waals surface area contributed by atoms with Crippen LogP contribution < -0.4 is 11.1 Å². The van der Waals surface area contributed by atoms with Gasteiger partial charge in [-0.1, -0.05) is 26.0 Å². The Kier molecular flexibility index (Phi) is 5.36. The molecule has 0 atom stereocenters. The predicted molar refractivity (Wildman–Crippen MR) is 80.1 cm³/mol. The Morgan fingerprint density at radius 3 is 2.28 bits per heavy atom. The largest absolute Gasteiger partial charge is 0.330 e. The molecule has 2 heteroatoms. The van der Waals surface area contributed by atoms with Gasteiger partial charge in [0.25, 0.3) is 0 Å². The minimum atomic E-state index is 0.193. The fourth-order valence-electron chi connectivity index (χ4n) is 2.01. The molecule has 0 heterocycles. The van der Waals surface area contributed by atoms with Crippen LogP contribution >= 0.6 is 0 Å². The molecule has 0 unspecified atom stereocenters. The smallest absolute Gasteiger partial charge is 0.00147 e. The zero-order valence-corrected chi connectivity index (χ0v) is 12.6. The Bertz CT molecular complexity index is 394. The number of benzene rings is 1. The van der Waals surface area contributed by atoms with E-state index in [4.69, 9.17) is 5.73 Å². The molecule has 0 amide bonds. The third kappa shape index (κ3) is 4.43. The van der Waals surface area contributed by atoms with E-state index in [0.29, 0.717) is 0 Å². The summed E-state index contributed by atoms with van der Waals surface area (Å²) < 4.78 is 0. The van der Waals surface area contributed by atoms with Gasteiger partial charge >= 0.3 is 0 Å². The van der Waals surface area contributed by atoms with Crippen LogP contribution in [0, 0.1) is 26.2 Å². The third-order valence-electron chi connectivity index (χ3n) is 3.68. The van der Waals surface area contributed by atoms with Crippen molar-refractivity contribution >= 4 is 0 Å². The minimum absolute atomic E-state index is 0.193. The summed E-state index contributed by atoms with van der Waals surface area (Å²) in [6.07, 6.45) is 1.09. The van der Waals surface area contributed by atoms with Crippen molar-refractivity contribution in [3.8, 4) is 0 Å². The third-order valence-corrected chi connectivity index (χ3v) is 3.68. The molecule has 1 aromatic carbocycles. The van der Waals surface area contributed by atoms with Gasteiger partial charge in [-0.2, -0.15) is 0 Å². The van der Waals surface area contributed by atoms with Crippen LogP contribution in [0.3, 0.4) is 0 Å². The van der Waals surface area contributed by atoms with Crippen molar-refractivity contribution in [1.82, 2.24) is 5.32 Å². The van der Waals surface area contributed by atoms with E-state index in [1.807, 2.05) is 0 Å². The molecular formula is C16H28N2. The number of nitrogens with two attached hydrogens (primary N) is 1. The SMILES string of the molecule is Cc1cc(C)c(CCNCC(C)(C)CN)cc1C. The molecule has 18 heavy (non-hydrogen) atoms. The summed E-state index contributed by atoms with van der Waals surface area (Å²) in [5.74, 6) is 0. The summed E-state index contributed by atoms with van der Waals surface area (Å²) in [6.45, 7) is 13.7. The van der Waals surface area contributed by atoms with Gasteiger partial charge in [-0.25, -0.2) is 0 Å². The van der Waals surface area contributed by atoms with E-state index in [-0.39, 0.29) is 5.41 Å². The predicted octanol–water partition coefficient (Wildman–Crippen LogP) is 2.73. The van der Waals surface area contributed by atoms with E-state index in [0.717, 1.165) is 26.1 Å². The average Bonchev–Trinajstić information content (AvgIpc) is 2.31. The van der Waals surface area contributed by atoms with Gasteiger partial charge in [-0.3, -0.25) is 0 Å². The Balaban J connectivity index is 2.47. The highest BCUT2D eigenvalue weighted by molar-refractivity contribution is 5.36. The van der Waals surface area contributed by atoms with Crippen LogP contribution in [0.5, 0.6) is 0 Å². The average molecular weight is 248 g/mol. The van der Waals surface area contributed by atoms with Crippen molar-refractivity contribution in [3.63, 3.8) is 0 Å². The van der Waals surface area contributed by atoms with Crippen LogP contribution in [-0.2, 0) is 6.42 Å². The quantitative estimate of drug-likeness (QED) is 0.760. The molecular weight excluding hydrogens is 220 g/mol. The summed E-state index contributed by atoms with van der Waals surface area (Å²) in [7, 11) is 0. The molecule has 0 aliphatic rings. The number of nitrogens with one attached hydrogen (secondary N) is 1. The number of rotatable bonds is 6. The molecule has 2 nitrogen and oxygen atoms in total. The zero-order valence-electron chi connectivity index (χ0n) is 12.6. The van der Waals surface area contributed by atoms with Crippen LogP contribution in [0.4, 0.5) is 0 Å². The molecule has 0 aliphatic heterocycles. The molecule has 0 fully saturated rings. The lowest BCUT2D eigenvalue weighted by Crippen LogP contribution is -2.36. The number of hydrogen-bond donors (Lipinski definition) is 2. The van der Waals surface area contributed by atoms with Gasteiger partial charge in [0.2, 0.25) is 0 Å². The van der Waals surface area contributed by atoms with E-state index < -0.39 is 0 Å². The van der Waals surface area contributed by atoms with Gasteiger partial charge in [-0.15, -0.1) is 0 Å². The van der Waals surface area contributed by atoms with Crippen molar-refractivity contribution in [2.75, 3.05) is 19.6 Å². The maximum absolute atomic E-state index is 5.72. The van der Waals surface area contributed by atoms with Gasteiger partial charge in [0.05, 0.1) is 0 Å². The first-order valence-electron chi connectivity index (χ1n) is 6.83. The van der Waals surface area contributed by atoms with Gasteiger partial charge in [0.1, 0.15) is 0 Å². The lowest BCUT2D eigenvalue weighted by molar-refractivity contribution is 0.353. The molecule has 0 saturated heterocycles. The molecule has 3 N–H and O–H groups in total. The van der Waals surface area contributed by atoms with Gasteiger partial charge in [0, 0.05) is 6.54 Å². The number of aryl methyl sites for hydroxylation is 3. The monoisotopic (exact) mass is 248 g/mol. The van der Waals surface area contributed by atoms with E-state index in [2.05, 4.69) is 52.1 Å². The molecule has 102 valence electrons. The highest BCUT2D eigenvalue weighted by Gasteiger charge is 2.14. The lowest BCUT2D eigenvalue weighted by atomic mass is 9.93. The maximum Gasteiger partial charge on any atom is 0.00147 e. The Labute approximate surface area is 112 Å². The Hall–Kier alpha value is -0.860.